The van der Waals surface area contributed by atoms with Crippen LogP contribution < -0.4 is 0 Å². The van der Waals surface area contributed by atoms with Gasteiger partial charge >= 0.3 is 0 Å². The normalized spacial score (nSPS) is 11.9. The molecule has 0 spiro atoms. The number of halogens is 2. The average Bonchev–Trinajstić information content (AvgIpc) is 2.71. The molecule has 2 aromatic rings. The summed E-state index contributed by atoms with van der Waals surface area (Å²) < 4.78 is 28.9. The number of hydrogen-bond acceptors (Lipinski definition) is 2. The lowest BCUT2D eigenvalue weighted by Crippen LogP contribution is -2.22. The van der Waals surface area contributed by atoms with Crippen LogP contribution in [-0.2, 0) is 5.54 Å². The predicted octanol–water partition coefficient (Wildman–Crippen LogP) is 3.29. The first-order valence-electron chi connectivity index (χ1n) is 5.67. The predicted molar refractivity (Wildman–Crippen MR) is 65.1 cm³/mol. The highest BCUT2D eigenvalue weighted by molar-refractivity contribution is 5.57. The lowest BCUT2D eigenvalue weighted by Gasteiger charge is -2.22. The summed E-state index contributed by atoms with van der Waals surface area (Å²) in [6.07, 6.45) is 1.55. The maximum Gasteiger partial charge on any atom is 0.167 e. The van der Waals surface area contributed by atoms with Crippen LogP contribution in [0.25, 0.3) is 11.4 Å². The molecule has 0 aliphatic heterocycles. The Kier molecular flexibility index (Phi) is 2.92. The summed E-state index contributed by atoms with van der Waals surface area (Å²) in [4.78, 5) is 0. The Labute approximate surface area is 104 Å². The summed E-state index contributed by atoms with van der Waals surface area (Å²) in [5.41, 5.74) is 0.379. The number of aryl methyl sites for hydroxylation is 1. The van der Waals surface area contributed by atoms with E-state index in [1.165, 1.54) is 6.07 Å². The Morgan fingerprint density at radius 2 is 1.78 bits per heavy atom. The van der Waals surface area contributed by atoms with Gasteiger partial charge in [0.05, 0.1) is 5.56 Å². The van der Waals surface area contributed by atoms with Gasteiger partial charge in [0.25, 0.3) is 0 Å². The van der Waals surface area contributed by atoms with Crippen molar-refractivity contribution in [3.8, 4) is 11.4 Å². The standard InChI is InChI=1S/C13H15F2N3/c1-8-5-9(11(15)6-10(8)14)12-17-16-7-18(12)13(2,3)4/h5-7H,1-4H3. The van der Waals surface area contributed by atoms with Gasteiger partial charge in [0.15, 0.2) is 5.82 Å². The van der Waals surface area contributed by atoms with E-state index in [2.05, 4.69) is 10.2 Å². The lowest BCUT2D eigenvalue weighted by molar-refractivity contribution is 0.399. The van der Waals surface area contributed by atoms with Crippen LogP contribution in [0.4, 0.5) is 8.78 Å². The zero-order chi connectivity index (χ0) is 13.5. The van der Waals surface area contributed by atoms with Crippen LogP contribution in [0.1, 0.15) is 26.3 Å². The molecule has 0 saturated heterocycles. The molecular weight excluding hydrogens is 236 g/mol. The first-order valence-corrected chi connectivity index (χ1v) is 5.67. The Bertz CT molecular complexity index is 582. The molecule has 3 nitrogen and oxygen atoms in total. The summed E-state index contributed by atoms with van der Waals surface area (Å²) in [5, 5.41) is 7.75. The molecule has 0 atom stereocenters. The zero-order valence-corrected chi connectivity index (χ0v) is 10.8. The van der Waals surface area contributed by atoms with Gasteiger partial charge in [-0.25, -0.2) is 8.78 Å². The molecule has 18 heavy (non-hydrogen) atoms. The second-order valence-corrected chi connectivity index (χ2v) is 5.28. The van der Waals surface area contributed by atoms with E-state index < -0.39 is 11.6 Å². The van der Waals surface area contributed by atoms with Gasteiger partial charge < -0.3 is 4.57 Å². The molecule has 0 radical (unpaired) electrons. The highest BCUT2D eigenvalue weighted by Crippen LogP contribution is 2.27. The monoisotopic (exact) mass is 251 g/mol. The fourth-order valence-corrected chi connectivity index (χ4v) is 1.74. The summed E-state index contributed by atoms with van der Waals surface area (Å²) in [7, 11) is 0. The van der Waals surface area contributed by atoms with Crippen LogP contribution in [0.3, 0.4) is 0 Å². The summed E-state index contributed by atoms with van der Waals surface area (Å²) >= 11 is 0. The SMILES string of the molecule is Cc1cc(-c2nncn2C(C)(C)C)c(F)cc1F. The van der Waals surface area contributed by atoms with Crippen LogP contribution in [0, 0.1) is 18.6 Å². The van der Waals surface area contributed by atoms with Crippen molar-refractivity contribution in [3.63, 3.8) is 0 Å². The van der Waals surface area contributed by atoms with Gasteiger partial charge in [-0.05, 0) is 39.3 Å². The van der Waals surface area contributed by atoms with Crippen molar-refractivity contribution in [2.24, 2.45) is 0 Å². The van der Waals surface area contributed by atoms with E-state index in [-0.39, 0.29) is 11.1 Å². The third-order valence-electron chi connectivity index (χ3n) is 2.76. The lowest BCUT2D eigenvalue weighted by atomic mass is 10.1. The van der Waals surface area contributed by atoms with Crippen LogP contribution in [0.5, 0.6) is 0 Å². The fourth-order valence-electron chi connectivity index (χ4n) is 1.74. The molecule has 0 amide bonds. The second kappa shape index (κ2) is 4.15. The molecule has 2 rings (SSSR count). The van der Waals surface area contributed by atoms with E-state index in [4.69, 9.17) is 0 Å². The van der Waals surface area contributed by atoms with Gasteiger partial charge in [-0.3, -0.25) is 0 Å². The van der Waals surface area contributed by atoms with Gasteiger partial charge in [-0.1, -0.05) is 0 Å². The third kappa shape index (κ3) is 2.12. The first-order chi connectivity index (χ1) is 8.30. The molecule has 5 heteroatoms. The van der Waals surface area contributed by atoms with Crippen molar-refractivity contribution >= 4 is 0 Å². The third-order valence-corrected chi connectivity index (χ3v) is 2.76. The topological polar surface area (TPSA) is 30.7 Å². The zero-order valence-electron chi connectivity index (χ0n) is 10.8. The van der Waals surface area contributed by atoms with E-state index in [1.807, 2.05) is 20.8 Å². The number of rotatable bonds is 1. The van der Waals surface area contributed by atoms with Crippen molar-refractivity contribution in [1.82, 2.24) is 14.8 Å². The minimum absolute atomic E-state index is 0.265. The fraction of sp³-hybridized carbons (Fsp3) is 0.385. The number of nitrogens with zero attached hydrogens (tertiary/aromatic N) is 3. The summed E-state index contributed by atoms with van der Waals surface area (Å²) in [6.45, 7) is 7.49. The number of benzene rings is 1. The van der Waals surface area contributed by atoms with Gasteiger partial charge in [0.1, 0.15) is 18.0 Å². The molecule has 0 fully saturated rings. The molecule has 1 heterocycles. The first kappa shape index (κ1) is 12.7. The van der Waals surface area contributed by atoms with Crippen LogP contribution in [-0.4, -0.2) is 14.8 Å². The van der Waals surface area contributed by atoms with Crippen molar-refractivity contribution < 1.29 is 8.78 Å². The Balaban J connectivity index is 2.64. The minimum atomic E-state index is -0.628. The Morgan fingerprint density at radius 1 is 1.11 bits per heavy atom. The van der Waals surface area contributed by atoms with Crippen LogP contribution >= 0.6 is 0 Å². The number of aromatic nitrogens is 3. The molecular formula is C13H15F2N3. The molecule has 0 N–H and O–H groups in total. The average molecular weight is 251 g/mol. The van der Waals surface area contributed by atoms with E-state index >= 15 is 0 Å². The Morgan fingerprint density at radius 3 is 2.39 bits per heavy atom. The molecule has 0 bridgehead atoms. The highest BCUT2D eigenvalue weighted by Gasteiger charge is 2.21. The van der Waals surface area contributed by atoms with Gasteiger partial charge in [0.2, 0.25) is 0 Å². The molecule has 1 aromatic heterocycles. The highest BCUT2D eigenvalue weighted by atomic mass is 19.1. The number of hydrogen-bond donors (Lipinski definition) is 0. The molecule has 0 aliphatic rings. The Hall–Kier alpha value is -1.78. The van der Waals surface area contributed by atoms with E-state index in [9.17, 15) is 8.78 Å². The smallest absolute Gasteiger partial charge is 0.167 e. The van der Waals surface area contributed by atoms with Gasteiger partial charge in [-0.15, -0.1) is 10.2 Å². The van der Waals surface area contributed by atoms with E-state index in [1.54, 1.807) is 17.8 Å². The van der Waals surface area contributed by atoms with Crippen LogP contribution in [0.2, 0.25) is 0 Å². The van der Waals surface area contributed by atoms with Crippen molar-refractivity contribution in [1.29, 1.82) is 0 Å². The van der Waals surface area contributed by atoms with E-state index in [0.717, 1.165) is 6.07 Å². The summed E-state index contributed by atoms with van der Waals surface area (Å²) in [5.74, 6) is -0.780. The molecule has 0 unspecified atom stereocenters. The van der Waals surface area contributed by atoms with Gasteiger partial charge in [0, 0.05) is 11.6 Å². The molecule has 0 saturated carbocycles. The largest absolute Gasteiger partial charge is 0.308 e. The summed E-state index contributed by atoms with van der Waals surface area (Å²) in [6, 6.07) is 2.34. The van der Waals surface area contributed by atoms with E-state index in [0.29, 0.717) is 11.4 Å². The maximum absolute atomic E-state index is 13.8. The van der Waals surface area contributed by atoms with Crippen molar-refractivity contribution in [3.05, 3.63) is 35.7 Å². The molecule has 1 aromatic carbocycles. The quantitative estimate of drug-likeness (QED) is 0.778. The van der Waals surface area contributed by atoms with Crippen molar-refractivity contribution in [2.45, 2.75) is 33.2 Å². The second-order valence-electron chi connectivity index (χ2n) is 5.28. The maximum atomic E-state index is 13.8. The van der Waals surface area contributed by atoms with Crippen molar-refractivity contribution in [2.75, 3.05) is 0 Å². The van der Waals surface area contributed by atoms with Gasteiger partial charge in [-0.2, -0.15) is 0 Å². The van der Waals surface area contributed by atoms with Crippen LogP contribution in [0.15, 0.2) is 18.5 Å². The molecule has 96 valence electrons. The minimum Gasteiger partial charge on any atom is -0.308 e. The molecule has 0 aliphatic carbocycles.